The van der Waals surface area contributed by atoms with Crippen LogP contribution in [0.1, 0.15) is 194 Å². The molecule has 0 aromatic carbocycles. The Balaban J connectivity index is 1.82. The Morgan fingerprint density at radius 1 is 0.470 bits per heavy atom. The first-order chi connectivity index (χ1) is 32.0. The Morgan fingerprint density at radius 2 is 0.864 bits per heavy atom. The first-order valence-electron chi connectivity index (χ1n) is 25.9. The van der Waals surface area contributed by atoms with Gasteiger partial charge < -0.3 is 64.2 Å². The molecule has 0 aliphatic carbocycles. The van der Waals surface area contributed by atoms with E-state index in [1.807, 2.05) is 0 Å². The molecule has 2 aliphatic heterocycles. The molecule has 2 fully saturated rings. The van der Waals surface area contributed by atoms with Gasteiger partial charge in [0.05, 0.1) is 19.8 Å². The molecule has 7 N–H and O–H groups in total. The van der Waals surface area contributed by atoms with E-state index < -0.39 is 92.7 Å². The standard InChI is InChI=1S/C51H92O15/c1-3-5-7-9-11-13-15-17-19-21-23-25-27-29-31-33-42(53)61-36-39(64-43(54)34-32-30-28-26-24-22-20-18-16-14-12-10-8-6-4-2)37-62-50-49(60)47(58)45(56)41(66-50)38-63-51-48(59)46(57)44(55)40(35-52)65-51/h17-20,39-41,44-52,55-60H,3-16,21-38H2,1-2H3/b19-17-,20-18-. The van der Waals surface area contributed by atoms with Crippen molar-refractivity contribution in [2.45, 2.75) is 261 Å². The number of aliphatic hydroxyl groups is 7. The van der Waals surface area contributed by atoms with Crippen molar-refractivity contribution in [1.29, 1.82) is 0 Å². The van der Waals surface area contributed by atoms with Gasteiger partial charge in [-0.2, -0.15) is 0 Å². The number of hydrogen-bond acceptors (Lipinski definition) is 15. The summed E-state index contributed by atoms with van der Waals surface area (Å²) in [5.41, 5.74) is 0. The molecule has 2 rings (SSSR count). The summed E-state index contributed by atoms with van der Waals surface area (Å²) in [6.07, 6.45) is 22.0. The molecule has 2 heterocycles. The molecule has 2 aliphatic rings. The summed E-state index contributed by atoms with van der Waals surface area (Å²) in [6.45, 7) is 2.57. The Hall–Kier alpha value is -2.02. The predicted molar refractivity (Wildman–Crippen MR) is 252 cm³/mol. The van der Waals surface area contributed by atoms with E-state index in [1.54, 1.807) is 0 Å². The molecular formula is C51H92O15. The fraction of sp³-hybridized carbons (Fsp3) is 0.882. The van der Waals surface area contributed by atoms with E-state index in [2.05, 4.69) is 38.2 Å². The SMILES string of the molecule is CCCCCCCC/C=C\CCCCCCCC(=O)OCC(COC1OC(COC2OC(CO)C(O)C(O)C2O)C(O)C(O)C1O)OC(=O)CCCCCCC/C=C\CCCCCCCC. The molecule has 0 radical (unpaired) electrons. The minimum absolute atomic E-state index is 0.155. The maximum absolute atomic E-state index is 13.0. The van der Waals surface area contributed by atoms with E-state index in [0.29, 0.717) is 12.8 Å². The van der Waals surface area contributed by atoms with Gasteiger partial charge in [0.25, 0.3) is 0 Å². The summed E-state index contributed by atoms with van der Waals surface area (Å²) in [5.74, 6) is -0.940. The lowest BCUT2D eigenvalue weighted by molar-refractivity contribution is -0.332. The minimum Gasteiger partial charge on any atom is -0.462 e. The summed E-state index contributed by atoms with van der Waals surface area (Å²) in [6, 6.07) is 0. The quantitative estimate of drug-likeness (QED) is 0.0184. The molecule has 11 atom stereocenters. The molecule has 15 nitrogen and oxygen atoms in total. The van der Waals surface area contributed by atoms with Gasteiger partial charge in [-0.15, -0.1) is 0 Å². The first-order valence-corrected chi connectivity index (χ1v) is 25.9. The molecule has 0 aromatic rings. The molecule has 0 aromatic heterocycles. The van der Waals surface area contributed by atoms with Crippen molar-refractivity contribution in [3.05, 3.63) is 24.3 Å². The largest absolute Gasteiger partial charge is 0.462 e. The number of carbonyl (C=O) groups is 2. The zero-order valence-corrected chi connectivity index (χ0v) is 40.7. The number of unbranched alkanes of at least 4 members (excludes halogenated alkanes) is 22. The molecular weight excluding hydrogens is 853 g/mol. The number of aliphatic hydroxyl groups excluding tert-OH is 7. The molecule has 0 bridgehead atoms. The smallest absolute Gasteiger partial charge is 0.306 e. The van der Waals surface area contributed by atoms with Gasteiger partial charge in [-0.05, 0) is 64.2 Å². The summed E-state index contributed by atoms with van der Waals surface area (Å²) in [5, 5.41) is 72.0. The third-order valence-corrected chi connectivity index (χ3v) is 12.4. The number of allylic oxidation sites excluding steroid dienone is 4. The molecule has 0 spiro atoms. The fourth-order valence-corrected chi connectivity index (χ4v) is 8.09. The molecule has 15 heteroatoms. The number of esters is 2. The number of hydrogen-bond donors (Lipinski definition) is 7. The summed E-state index contributed by atoms with van der Waals surface area (Å²) in [7, 11) is 0. The maximum Gasteiger partial charge on any atom is 0.306 e. The molecule has 0 amide bonds. The topological polar surface area (TPSA) is 231 Å². The van der Waals surface area contributed by atoms with E-state index in [-0.39, 0.29) is 26.1 Å². The second kappa shape index (κ2) is 38.8. The van der Waals surface area contributed by atoms with Crippen LogP contribution in [0.3, 0.4) is 0 Å². The highest BCUT2D eigenvalue weighted by molar-refractivity contribution is 5.70. The van der Waals surface area contributed by atoms with Crippen molar-refractivity contribution in [2.75, 3.05) is 26.4 Å². The van der Waals surface area contributed by atoms with Gasteiger partial charge in [-0.25, -0.2) is 0 Å². The Morgan fingerprint density at radius 3 is 1.33 bits per heavy atom. The van der Waals surface area contributed by atoms with Crippen molar-refractivity contribution in [1.82, 2.24) is 0 Å². The van der Waals surface area contributed by atoms with Gasteiger partial charge >= 0.3 is 11.9 Å². The van der Waals surface area contributed by atoms with Crippen LogP contribution in [0.4, 0.5) is 0 Å². The van der Waals surface area contributed by atoms with E-state index in [9.17, 15) is 45.3 Å². The minimum atomic E-state index is -1.77. The predicted octanol–water partition coefficient (Wildman–Crippen LogP) is 7.16. The summed E-state index contributed by atoms with van der Waals surface area (Å²) >= 11 is 0. The maximum atomic E-state index is 13.0. The second-order valence-electron chi connectivity index (χ2n) is 18.3. The lowest BCUT2D eigenvalue weighted by atomic mass is 9.98. The zero-order valence-electron chi connectivity index (χ0n) is 40.7. The van der Waals surface area contributed by atoms with Crippen molar-refractivity contribution < 1.29 is 73.8 Å². The lowest BCUT2D eigenvalue weighted by Gasteiger charge is -2.42. The Kier molecular flexibility index (Phi) is 35.3. The van der Waals surface area contributed by atoms with Crippen molar-refractivity contribution in [3.63, 3.8) is 0 Å². The van der Waals surface area contributed by atoms with Crippen LogP contribution >= 0.6 is 0 Å². The van der Waals surface area contributed by atoms with Crippen LogP contribution in [0.25, 0.3) is 0 Å². The normalized spacial score (nSPS) is 26.3. The zero-order chi connectivity index (χ0) is 48.2. The third-order valence-electron chi connectivity index (χ3n) is 12.4. The molecule has 66 heavy (non-hydrogen) atoms. The van der Waals surface area contributed by atoms with E-state index in [1.165, 1.54) is 77.0 Å². The van der Waals surface area contributed by atoms with Crippen LogP contribution in [-0.2, 0) is 38.0 Å². The van der Waals surface area contributed by atoms with Crippen LogP contribution in [0, 0.1) is 0 Å². The fourth-order valence-electron chi connectivity index (χ4n) is 8.09. The van der Waals surface area contributed by atoms with Gasteiger partial charge in [0.2, 0.25) is 0 Å². The van der Waals surface area contributed by atoms with Crippen LogP contribution < -0.4 is 0 Å². The number of ether oxygens (including phenoxy) is 6. The Labute approximate surface area is 396 Å². The third kappa shape index (κ3) is 26.7. The van der Waals surface area contributed by atoms with Crippen LogP contribution in [0.2, 0.25) is 0 Å². The van der Waals surface area contributed by atoms with Crippen LogP contribution in [0.15, 0.2) is 24.3 Å². The molecule has 2 saturated heterocycles. The average molecular weight is 945 g/mol. The summed E-state index contributed by atoms with van der Waals surface area (Å²) < 4.78 is 33.6. The number of rotatable bonds is 40. The molecule has 386 valence electrons. The van der Waals surface area contributed by atoms with Gasteiger partial charge in [0, 0.05) is 12.8 Å². The lowest BCUT2D eigenvalue weighted by Crippen LogP contribution is -2.61. The molecule has 11 unspecified atom stereocenters. The van der Waals surface area contributed by atoms with Crippen LogP contribution in [0.5, 0.6) is 0 Å². The highest BCUT2D eigenvalue weighted by Crippen LogP contribution is 2.26. The second-order valence-corrected chi connectivity index (χ2v) is 18.3. The Bertz CT molecular complexity index is 1250. The van der Waals surface area contributed by atoms with Crippen molar-refractivity contribution >= 4 is 11.9 Å². The van der Waals surface area contributed by atoms with Crippen LogP contribution in [-0.4, -0.2) is 142 Å². The monoisotopic (exact) mass is 945 g/mol. The van der Waals surface area contributed by atoms with E-state index in [4.69, 9.17) is 28.4 Å². The van der Waals surface area contributed by atoms with Gasteiger partial charge in [-0.1, -0.05) is 141 Å². The van der Waals surface area contributed by atoms with Gasteiger partial charge in [0.1, 0.15) is 55.4 Å². The highest BCUT2D eigenvalue weighted by atomic mass is 16.7. The van der Waals surface area contributed by atoms with Gasteiger partial charge in [0.15, 0.2) is 18.7 Å². The van der Waals surface area contributed by atoms with Crippen molar-refractivity contribution in [3.8, 4) is 0 Å². The van der Waals surface area contributed by atoms with Crippen molar-refractivity contribution in [2.24, 2.45) is 0 Å². The van der Waals surface area contributed by atoms with E-state index >= 15 is 0 Å². The first kappa shape index (κ1) is 60.1. The summed E-state index contributed by atoms with van der Waals surface area (Å²) in [4.78, 5) is 25.7. The highest BCUT2D eigenvalue weighted by Gasteiger charge is 2.47. The average Bonchev–Trinajstić information content (AvgIpc) is 3.31. The van der Waals surface area contributed by atoms with Gasteiger partial charge in [-0.3, -0.25) is 9.59 Å². The van der Waals surface area contributed by atoms with E-state index in [0.717, 1.165) is 77.0 Å². The molecule has 0 saturated carbocycles. The number of carbonyl (C=O) groups excluding carboxylic acids is 2.